The zero-order valence-corrected chi connectivity index (χ0v) is 16.2. The first-order valence-corrected chi connectivity index (χ1v) is 8.82. The van der Waals surface area contributed by atoms with Gasteiger partial charge in [0.15, 0.2) is 5.82 Å². The van der Waals surface area contributed by atoms with E-state index in [0.717, 1.165) is 0 Å². The highest BCUT2D eigenvalue weighted by atomic mass is 35.5. The van der Waals surface area contributed by atoms with Crippen LogP contribution >= 0.6 is 23.2 Å². The summed E-state index contributed by atoms with van der Waals surface area (Å²) in [6.07, 6.45) is 0. The fraction of sp³-hybridized carbons (Fsp3) is 0.375. The van der Waals surface area contributed by atoms with E-state index in [-0.39, 0.29) is 24.3 Å². The summed E-state index contributed by atoms with van der Waals surface area (Å²) in [6, 6.07) is 5.16. The number of esters is 1. The molecular weight excluding hydrogens is 395 g/mol. The Labute approximate surface area is 166 Å². The van der Waals surface area contributed by atoms with Crippen molar-refractivity contribution in [3.05, 3.63) is 28.2 Å². The summed E-state index contributed by atoms with van der Waals surface area (Å²) >= 11 is 12.2. The average Bonchev–Trinajstić information content (AvgIpc) is 2.66. The number of carbonyl (C=O) groups is 1. The van der Waals surface area contributed by atoms with Crippen molar-refractivity contribution in [3.8, 4) is 11.3 Å². The first-order chi connectivity index (χ1) is 13.0. The molecule has 0 saturated heterocycles. The third-order valence-corrected chi connectivity index (χ3v) is 4.19. The number of nitrogens with zero attached hydrogens (tertiary/aromatic N) is 3. The van der Waals surface area contributed by atoms with E-state index in [1.807, 2.05) is 0 Å². The molecule has 1 heterocycles. The number of methoxy groups -OCH3 is 1. The molecule has 0 spiro atoms. The molecule has 27 heavy (non-hydrogen) atoms. The van der Waals surface area contributed by atoms with Gasteiger partial charge in [-0.3, -0.25) is 4.79 Å². The molecule has 0 aliphatic heterocycles. The molecule has 146 valence electrons. The van der Waals surface area contributed by atoms with E-state index in [9.17, 15) is 4.79 Å². The lowest BCUT2D eigenvalue weighted by Crippen LogP contribution is -2.27. The van der Waals surface area contributed by atoms with Gasteiger partial charge in [-0.05, 0) is 6.07 Å². The van der Waals surface area contributed by atoms with Crippen molar-refractivity contribution in [3.63, 3.8) is 0 Å². The van der Waals surface area contributed by atoms with E-state index in [1.165, 1.54) is 7.11 Å². The molecule has 2 rings (SSSR count). The Morgan fingerprint density at radius 3 is 2.74 bits per heavy atom. The molecule has 0 bridgehead atoms. The molecule has 11 heteroatoms. The van der Waals surface area contributed by atoms with Gasteiger partial charge >= 0.3 is 5.97 Å². The molecule has 1 aromatic carbocycles. The lowest BCUT2D eigenvalue weighted by molar-refractivity contribution is -0.139. The average molecular weight is 415 g/mol. The van der Waals surface area contributed by atoms with E-state index in [1.54, 1.807) is 18.2 Å². The maximum Gasteiger partial charge on any atom is 0.319 e. The molecule has 0 fully saturated rings. The number of rotatable bonds is 10. The monoisotopic (exact) mass is 414 g/mol. The van der Waals surface area contributed by atoms with E-state index < -0.39 is 0 Å². The van der Waals surface area contributed by atoms with E-state index in [4.69, 9.17) is 33.7 Å². The standard InChI is InChI=1S/C16H20Cl2N6O3/c1-26-12(25)9-20-5-7-27-8-6-21-16-22-15(19)14(23-24-16)10-3-2-4-11(17)13(10)18/h2-4,20H,5-9H2,1H3,(H3,19,21,22,24). The van der Waals surface area contributed by atoms with Crippen LogP contribution < -0.4 is 16.4 Å². The number of nitrogens with two attached hydrogens (primary N) is 1. The second-order valence-corrected chi connectivity index (χ2v) is 6.05. The van der Waals surface area contributed by atoms with Crippen LogP contribution in [0.2, 0.25) is 10.0 Å². The summed E-state index contributed by atoms with van der Waals surface area (Å²) in [5.41, 5.74) is 6.89. The molecule has 0 radical (unpaired) electrons. The molecule has 9 nitrogen and oxygen atoms in total. The van der Waals surface area contributed by atoms with Crippen molar-refractivity contribution in [1.29, 1.82) is 0 Å². The summed E-state index contributed by atoms with van der Waals surface area (Å²) in [6.45, 7) is 2.03. The van der Waals surface area contributed by atoms with Crippen molar-refractivity contribution in [2.45, 2.75) is 0 Å². The maximum atomic E-state index is 10.9. The van der Waals surface area contributed by atoms with Crippen LogP contribution in [0.25, 0.3) is 11.3 Å². The van der Waals surface area contributed by atoms with Crippen LogP contribution in [0.1, 0.15) is 0 Å². The van der Waals surface area contributed by atoms with Crippen molar-refractivity contribution < 1.29 is 14.3 Å². The minimum Gasteiger partial charge on any atom is -0.468 e. The number of carbonyl (C=O) groups excluding carboxylic acids is 1. The summed E-state index contributed by atoms with van der Waals surface area (Å²) in [5, 5.41) is 14.7. The first kappa shape index (κ1) is 21.1. The summed E-state index contributed by atoms with van der Waals surface area (Å²) < 4.78 is 9.91. The van der Waals surface area contributed by atoms with E-state index in [0.29, 0.717) is 47.6 Å². The van der Waals surface area contributed by atoms with Gasteiger partial charge in [-0.2, -0.15) is 4.98 Å². The van der Waals surface area contributed by atoms with Gasteiger partial charge in [0, 0.05) is 18.7 Å². The highest BCUT2D eigenvalue weighted by Crippen LogP contribution is 2.34. The lowest BCUT2D eigenvalue weighted by Gasteiger charge is -2.09. The second-order valence-electron chi connectivity index (χ2n) is 5.26. The smallest absolute Gasteiger partial charge is 0.319 e. The zero-order chi connectivity index (χ0) is 19.6. The Morgan fingerprint density at radius 2 is 2.00 bits per heavy atom. The quantitative estimate of drug-likeness (QED) is 0.392. The number of hydrogen-bond donors (Lipinski definition) is 3. The lowest BCUT2D eigenvalue weighted by atomic mass is 10.1. The fourth-order valence-electron chi connectivity index (χ4n) is 2.04. The third kappa shape index (κ3) is 6.47. The van der Waals surface area contributed by atoms with Crippen LogP contribution in [-0.2, 0) is 14.3 Å². The third-order valence-electron chi connectivity index (χ3n) is 3.37. The molecule has 0 saturated carbocycles. The number of nitrogens with one attached hydrogen (secondary N) is 2. The van der Waals surface area contributed by atoms with E-state index in [2.05, 4.69) is 30.6 Å². The largest absolute Gasteiger partial charge is 0.468 e. The van der Waals surface area contributed by atoms with Crippen LogP contribution in [0.5, 0.6) is 0 Å². The van der Waals surface area contributed by atoms with Gasteiger partial charge in [0.25, 0.3) is 0 Å². The van der Waals surface area contributed by atoms with Gasteiger partial charge in [-0.25, -0.2) is 0 Å². The molecule has 1 aromatic heterocycles. The van der Waals surface area contributed by atoms with Crippen LogP contribution in [0.3, 0.4) is 0 Å². The zero-order valence-electron chi connectivity index (χ0n) is 14.7. The van der Waals surface area contributed by atoms with Crippen LogP contribution in [-0.4, -0.2) is 61.1 Å². The van der Waals surface area contributed by atoms with Crippen molar-refractivity contribution in [2.24, 2.45) is 0 Å². The second kappa shape index (κ2) is 10.8. The normalized spacial score (nSPS) is 10.6. The van der Waals surface area contributed by atoms with Gasteiger partial charge in [-0.1, -0.05) is 35.3 Å². The van der Waals surface area contributed by atoms with Gasteiger partial charge in [0.1, 0.15) is 5.69 Å². The van der Waals surface area contributed by atoms with Crippen molar-refractivity contribution in [2.75, 3.05) is 51.0 Å². The van der Waals surface area contributed by atoms with Crippen molar-refractivity contribution >= 4 is 40.9 Å². The molecule has 0 aliphatic carbocycles. The van der Waals surface area contributed by atoms with Gasteiger partial charge in [0.2, 0.25) is 5.95 Å². The summed E-state index contributed by atoms with van der Waals surface area (Å²) in [4.78, 5) is 15.1. The molecular formula is C16H20Cl2N6O3. The van der Waals surface area contributed by atoms with E-state index >= 15 is 0 Å². The number of benzene rings is 1. The van der Waals surface area contributed by atoms with Crippen LogP contribution in [0, 0.1) is 0 Å². The Hall–Kier alpha value is -2.20. The molecule has 0 amide bonds. The minimum atomic E-state index is -0.318. The van der Waals surface area contributed by atoms with Crippen LogP contribution in [0.4, 0.5) is 11.8 Å². The highest BCUT2D eigenvalue weighted by molar-refractivity contribution is 6.43. The number of nitrogen functional groups attached to an aromatic ring is 1. The number of hydrogen-bond acceptors (Lipinski definition) is 9. The number of halogens is 2. The van der Waals surface area contributed by atoms with Gasteiger partial charge in [-0.15, -0.1) is 10.2 Å². The Bertz CT molecular complexity index is 778. The maximum absolute atomic E-state index is 10.9. The van der Waals surface area contributed by atoms with Crippen LogP contribution in [0.15, 0.2) is 18.2 Å². The Balaban J connectivity index is 1.76. The number of ether oxygens (including phenoxy) is 2. The molecule has 0 aliphatic rings. The Morgan fingerprint density at radius 1 is 1.22 bits per heavy atom. The molecule has 0 unspecified atom stereocenters. The molecule has 0 atom stereocenters. The predicted molar refractivity (Wildman–Crippen MR) is 104 cm³/mol. The topological polar surface area (TPSA) is 124 Å². The number of aromatic nitrogens is 3. The SMILES string of the molecule is COC(=O)CNCCOCCNc1nnc(-c2cccc(Cl)c2Cl)c(N)n1. The summed E-state index contributed by atoms with van der Waals surface area (Å²) in [5.74, 6) is 0.146. The predicted octanol–water partition coefficient (Wildman–Crippen LogP) is 1.62. The van der Waals surface area contributed by atoms with Gasteiger partial charge < -0.3 is 25.8 Å². The first-order valence-electron chi connectivity index (χ1n) is 8.06. The Kier molecular flexibility index (Phi) is 8.46. The number of anilines is 2. The highest BCUT2D eigenvalue weighted by Gasteiger charge is 2.13. The molecule has 2 aromatic rings. The van der Waals surface area contributed by atoms with Gasteiger partial charge in [0.05, 0.1) is 36.9 Å². The fourth-order valence-corrected chi connectivity index (χ4v) is 2.43. The molecule has 4 N–H and O–H groups in total. The summed E-state index contributed by atoms with van der Waals surface area (Å²) in [7, 11) is 1.34. The minimum absolute atomic E-state index is 0.153. The van der Waals surface area contributed by atoms with Crippen molar-refractivity contribution in [1.82, 2.24) is 20.5 Å².